The summed E-state index contributed by atoms with van der Waals surface area (Å²) in [7, 11) is 2.20. The fourth-order valence-electron chi connectivity index (χ4n) is 4.86. The summed E-state index contributed by atoms with van der Waals surface area (Å²) in [6.45, 7) is 8.88. The number of rotatable bonds is 11. The van der Waals surface area contributed by atoms with Crippen molar-refractivity contribution in [1.29, 1.82) is 0 Å². The van der Waals surface area contributed by atoms with Crippen molar-refractivity contribution in [3.8, 4) is 11.3 Å². The highest BCUT2D eigenvalue weighted by Crippen LogP contribution is 2.29. The molecule has 0 spiro atoms. The molecule has 1 aliphatic carbocycles. The molecule has 0 unspecified atom stereocenters. The molecule has 2 aliphatic rings. The zero-order valence-corrected chi connectivity index (χ0v) is 21.5. The number of piperazine rings is 1. The van der Waals surface area contributed by atoms with Gasteiger partial charge in [0.2, 0.25) is 5.95 Å². The second-order valence-corrected chi connectivity index (χ2v) is 10.2. The average Bonchev–Trinajstić information content (AvgIpc) is 2.88. The van der Waals surface area contributed by atoms with E-state index in [1.165, 1.54) is 31.7 Å². The zero-order valence-electron chi connectivity index (χ0n) is 21.5. The topological polar surface area (TPSA) is 89.4 Å². The molecule has 2 aromatic rings. The van der Waals surface area contributed by atoms with Gasteiger partial charge in [0.25, 0.3) is 0 Å². The Bertz CT molecular complexity index is 891. The molecule has 3 N–H and O–H groups in total. The van der Waals surface area contributed by atoms with Crippen LogP contribution in [0.5, 0.6) is 0 Å². The molecule has 0 atom stereocenters. The summed E-state index contributed by atoms with van der Waals surface area (Å²) in [5.74, 6) is 1.48. The molecular weight excluding hydrogens is 438 g/mol. The molecule has 8 heteroatoms. The molecule has 0 aromatic carbocycles. The summed E-state index contributed by atoms with van der Waals surface area (Å²) in [5.41, 5.74) is 3.10. The molecule has 2 aromatic heterocycles. The van der Waals surface area contributed by atoms with Gasteiger partial charge in [-0.15, -0.1) is 0 Å². The number of nitrogens with one attached hydrogen (secondary N) is 2. The maximum atomic E-state index is 9.88. The maximum absolute atomic E-state index is 9.88. The third-order valence-electron chi connectivity index (χ3n) is 7.28. The number of aliphatic hydroxyl groups is 1. The van der Waals surface area contributed by atoms with Gasteiger partial charge in [0.1, 0.15) is 5.82 Å². The Kier molecular flexibility index (Phi) is 9.68. The number of aromatic nitrogens is 3. The first-order chi connectivity index (χ1) is 17.1. The van der Waals surface area contributed by atoms with Gasteiger partial charge in [-0.05, 0) is 70.2 Å². The fourth-order valence-corrected chi connectivity index (χ4v) is 4.86. The van der Waals surface area contributed by atoms with Crippen LogP contribution in [0.15, 0.2) is 24.5 Å². The van der Waals surface area contributed by atoms with Crippen molar-refractivity contribution < 1.29 is 5.11 Å². The predicted molar refractivity (Wildman–Crippen MR) is 143 cm³/mol. The first-order valence-electron chi connectivity index (χ1n) is 13.5. The lowest BCUT2D eigenvalue weighted by Gasteiger charge is -2.32. The number of nitrogens with zero attached hydrogens (tertiary/aromatic N) is 5. The van der Waals surface area contributed by atoms with Gasteiger partial charge in [-0.3, -0.25) is 4.98 Å². The molecule has 3 heterocycles. The van der Waals surface area contributed by atoms with Crippen LogP contribution in [0.2, 0.25) is 0 Å². The Balaban J connectivity index is 1.40. The van der Waals surface area contributed by atoms with Crippen LogP contribution in [0.1, 0.15) is 57.4 Å². The van der Waals surface area contributed by atoms with Crippen LogP contribution in [0.4, 0.5) is 11.8 Å². The van der Waals surface area contributed by atoms with Gasteiger partial charge >= 0.3 is 0 Å². The third kappa shape index (κ3) is 7.85. The Hall–Kier alpha value is -2.29. The van der Waals surface area contributed by atoms with Crippen molar-refractivity contribution in [1.82, 2.24) is 24.8 Å². The smallest absolute Gasteiger partial charge is 0.224 e. The van der Waals surface area contributed by atoms with Crippen LogP contribution in [0.25, 0.3) is 11.3 Å². The molecule has 4 rings (SSSR count). The summed E-state index contributed by atoms with van der Waals surface area (Å²) < 4.78 is 0. The van der Waals surface area contributed by atoms with Crippen LogP contribution in [-0.4, -0.2) is 88.3 Å². The number of unbranched alkanes of at least 4 members (excludes halogenated alkanes) is 1. The molecule has 192 valence electrons. The van der Waals surface area contributed by atoms with Crippen LogP contribution in [-0.2, 0) is 6.42 Å². The van der Waals surface area contributed by atoms with Crippen molar-refractivity contribution in [2.45, 2.75) is 70.4 Å². The molecule has 2 fully saturated rings. The standard InChI is InChI=1S/C27H43N7O/c1-3-4-13-28-27-30-20-24(26(32-27)31-22-8-10-23(35)11-9-22)25-12-7-21(19-29-25)6-5-14-34-17-15-33(2)16-18-34/h7,12,19-20,22-23,35H,3-6,8-11,13-18H2,1-2H3,(H2,28,30,31,32)/t22-,23-. The van der Waals surface area contributed by atoms with Crippen molar-refractivity contribution in [2.75, 3.05) is 56.9 Å². The number of aryl methyl sites for hydroxylation is 1. The van der Waals surface area contributed by atoms with E-state index in [0.29, 0.717) is 12.0 Å². The van der Waals surface area contributed by atoms with Crippen LogP contribution in [0.3, 0.4) is 0 Å². The van der Waals surface area contributed by atoms with Crippen molar-refractivity contribution >= 4 is 11.8 Å². The van der Waals surface area contributed by atoms with Gasteiger partial charge in [-0.25, -0.2) is 4.98 Å². The highest BCUT2D eigenvalue weighted by atomic mass is 16.3. The van der Waals surface area contributed by atoms with Gasteiger partial charge in [0.05, 0.1) is 17.4 Å². The van der Waals surface area contributed by atoms with Crippen molar-refractivity contribution in [3.05, 3.63) is 30.1 Å². The minimum Gasteiger partial charge on any atom is -0.393 e. The van der Waals surface area contributed by atoms with E-state index in [4.69, 9.17) is 9.97 Å². The minimum atomic E-state index is -0.172. The number of pyridine rings is 1. The number of likely N-dealkylation sites (N-methyl/N-ethyl adjacent to an activating group) is 1. The molecule has 0 amide bonds. The number of anilines is 2. The van der Waals surface area contributed by atoms with Gasteiger partial charge in [0.15, 0.2) is 0 Å². The van der Waals surface area contributed by atoms with Crippen molar-refractivity contribution in [3.63, 3.8) is 0 Å². The van der Waals surface area contributed by atoms with Gasteiger partial charge in [-0.1, -0.05) is 19.4 Å². The van der Waals surface area contributed by atoms with E-state index in [0.717, 1.165) is 81.5 Å². The molecule has 0 radical (unpaired) electrons. The lowest BCUT2D eigenvalue weighted by atomic mass is 9.93. The Morgan fingerprint density at radius 2 is 1.80 bits per heavy atom. The highest BCUT2D eigenvalue weighted by molar-refractivity contribution is 5.73. The SMILES string of the molecule is CCCCNc1ncc(-c2ccc(CCCN3CCN(C)CC3)cn2)c(N[C@H]2CC[C@H](O)CC2)n1. The summed E-state index contributed by atoms with van der Waals surface area (Å²) in [4.78, 5) is 19.2. The Morgan fingerprint density at radius 1 is 1.00 bits per heavy atom. The molecule has 1 saturated carbocycles. The van der Waals surface area contributed by atoms with E-state index in [1.54, 1.807) is 0 Å². The zero-order chi connectivity index (χ0) is 24.5. The average molecular weight is 482 g/mol. The summed E-state index contributed by atoms with van der Waals surface area (Å²) in [5, 5.41) is 16.9. The highest BCUT2D eigenvalue weighted by Gasteiger charge is 2.21. The second-order valence-electron chi connectivity index (χ2n) is 10.2. The van der Waals surface area contributed by atoms with Gasteiger partial charge in [0, 0.05) is 51.2 Å². The first kappa shape index (κ1) is 25.8. The van der Waals surface area contributed by atoms with E-state index >= 15 is 0 Å². The van der Waals surface area contributed by atoms with Crippen LogP contribution < -0.4 is 10.6 Å². The van der Waals surface area contributed by atoms with E-state index < -0.39 is 0 Å². The molecule has 1 aliphatic heterocycles. The molecule has 35 heavy (non-hydrogen) atoms. The lowest BCUT2D eigenvalue weighted by Crippen LogP contribution is -2.44. The number of aliphatic hydroxyl groups excluding tert-OH is 1. The summed E-state index contributed by atoms with van der Waals surface area (Å²) >= 11 is 0. The van der Waals surface area contributed by atoms with Gasteiger partial charge in [-0.2, -0.15) is 4.98 Å². The van der Waals surface area contributed by atoms with E-state index in [1.807, 2.05) is 12.4 Å². The van der Waals surface area contributed by atoms with E-state index in [-0.39, 0.29) is 6.10 Å². The molecule has 8 nitrogen and oxygen atoms in total. The van der Waals surface area contributed by atoms with Crippen molar-refractivity contribution in [2.24, 2.45) is 0 Å². The number of hydrogen-bond acceptors (Lipinski definition) is 8. The quantitative estimate of drug-likeness (QED) is 0.419. The van der Waals surface area contributed by atoms with Crippen LogP contribution >= 0.6 is 0 Å². The summed E-state index contributed by atoms with van der Waals surface area (Å²) in [6.07, 6.45) is 11.7. The first-order valence-corrected chi connectivity index (χ1v) is 13.5. The van der Waals surface area contributed by atoms with Gasteiger partial charge < -0.3 is 25.5 Å². The second kappa shape index (κ2) is 13.1. The maximum Gasteiger partial charge on any atom is 0.224 e. The Labute approximate surface area is 210 Å². The molecular formula is C27H43N7O. The molecule has 1 saturated heterocycles. The summed E-state index contributed by atoms with van der Waals surface area (Å²) in [6, 6.07) is 4.61. The monoisotopic (exact) mass is 481 g/mol. The van der Waals surface area contributed by atoms with Crippen LogP contribution in [0, 0.1) is 0 Å². The lowest BCUT2D eigenvalue weighted by molar-refractivity contribution is 0.126. The minimum absolute atomic E-state index is 0.172. The third-order valence-corrected chi connectivity index (χ3v) is 7.28. The predicted octanol–water partition coefficient (Wildman–Crippen LogP) is 3.65. The largest absolute Gasteiger partial charge is 0.393 e. The number of hydrogen-bond donors (Lipinski definition) is 3. The van der Waals surface area contributed by atoms with E-state index in [2.05, 4.69) is 51.5 Å². The Morgan fingerprint density at radius 3 is 2.51 bits per heavy atom. The fraction of sp³-hybridized carbons (Fsp3) is 0.667. The van der Waals surface area contributed by atoms with E-state index in [9.17, 15) is 5.11 Å². The normalized spacial score (nSPS) is 21.7. The molecule has 0 bridgehead atoms.